The van der Waals surface area contributed by atoms with Crippen molar-refractivity contribution in [2.24, 2.45) is 17.8 Å². The van der Waals surface area contributed by atoms with E-state index in [0.29, 0.717) is 0 Å². The second-order valence-electron chi connectivity index (χ2n) is 14.3. The van der Waals surface area contributed by atoms with E-state index in [9.17, 15) is 35.1 Å². The molecule has 0 spiro atoms. The van der Waals surface area contributed by atoms with Crippen LogP contribution in [0.25, 0.3) is 0 Å². The average Bonchev–Trinajstić information content (AvgIpc) is 3.04. The summed E-state index contributed by atoms with van der Waals surface area (Å²) in [4.78, 5) is 26.3. The normalized spacial score (nSPS) is 44.6. The lowest BCUT2D eigenvalue weighted by atomic mass is 9.81. The number of hydrogen-bond donors (Lipinski definition) is 5. The molecule has 0 aromatic carbocycles. The minimum absolute atomic E-state index is 0.00269. The first-order valence-electron chi connectivity index (χ1n) is 17.3. The van der Waals surface area contributed by atoms with Gasteiger partial charge in [-0.1, -0.05) is 38.2 Å². The van der Waals surface area contributed by atoms with E-state index in [2.05, 4.69) is 0 Å². The van der Waals surface area contributed by atoms with Crippen molar-refractivity contribution < 1.29 is 68.3 Å². The van der Waals surface area contributed by atoms with Crippen LogP contribution in [0.1, 0.15) is 61.3 Å². The number of methoxy groups -OCH3 is 2. The molecule has 3 aliphatic rings. The van der Waals surface area contributed by atoms with Crippen LogP contribution in [0.5, 0.6) is 0 Å². The molecule has 0 radical (unpaired) electrons. The molecule has 14 nitrogen and oxygen atoms in total. The van der Waals surface area contributed by atoms with Gasteiger partial charge in [-0.15, -0.1) is 0 Å². The SMILES string of the molecule is COC1C(OCC2C=CC=CC(=O)C(C)(O)CC(C)C(OC3OC(C)CC(O)(C(C)O)C3O)C(C)C=CC(=O)OC2C)OC(C)C(O)C1OC. The number of allylic oxidation sites excluding steroid dienone is 2. The Bertz CT molecular complexity index is 1200. The van der Waals surface area contributed by atoms with E-state index in [-0.39, 0.29) is 19.4 Å². The number of aliphatic hydroxyl groups is 5. The third-order valence-electron chi connectivity index (χ3n) is 10.0. The van der Waals surface area contributed by atoms with Gasteiger partial charge >= 0.3 is 5.97 Å². The molecule has 3 aliphatic heterocycles. The number of ether oxygens (including phenoxy) is 7. The zero-order chi connectivity index (χ0) is 37.6. The van der Waals surface area contributed by atoms with Gasteiger partial charge in [-0.2, -0.15) is 0 Å². The van der Waals surface area contributed by atoms with Gasteiger partial charge in [0.2, 0.25) is 0 Å². The maximum atomic E-state index is 13.2. The lowest BCUT2D eigenvalue weighted by Gasteiger charge is -2.47. The summed E-state index contributed by atoms with van der Waals surface area (Å²) in [7, 11) is 2.91. The molecular formula is C36H58O14. The second-order valence-corrected chi connectivity index (χ2v) is 14.3. The first-order valence-corrected chi connectivity index (χ1v) is 17.3. The molecule has 16 atom stereocenters. The summed E-state index contributed by atoms with van der Waals surface area (Å²) in [5.41, 5.74) is -3.71. The molecule has 5 N–H and O–H groups in total. The molecule has 0 amide bonds. The molecule has 50 heavy (non-hydrogen) atoms. The van der Waals surface area contributed by atoms with E-state index in [4.69, 9.17) is 33.2 Å². The van der Waals surface area contributed by atoms with Gasteiger partial charge in [0.25, 0.3) is 0 Å². The average molecular weight is 715 g/mol. The Balaban J connectivity index is 1.87. The molecule has 0 aromatic heterocycles. The van der Waals surface area contributed by atoms with Crippen molar-refractivity contribution in [3.63, 3.8) is 0 Å². The Hall–Kier alpha value is -2.08. The Morgan fingerprint density at radius 2 is 1.54 bits per heavy atom. The molecule has 3 heterocycles. The summed E-state index contributed by atoms with van der Waals surface area (Å²) in [5.74, 6) is -2.82. The number of rotatable bonds is 8. The molecule has 0 aliphatic carbocycles. The van der Waals surface area contributed by atoms with Crippen LogP contribution in [0.2, 0.25) is 0 Å². The first-order chi connectivity index (χ1) is 23.4. The summed E-state index contributed by atoms with van der Waals surface area (Å²) in [6.45, 7) is 11.4. The number of cyclic esters (lactones) is 1. The van der Waals surface area contributed by atoms with Gasteiger partial charge in [0.05, 0.1) is 31.0 Å². The Morgan fingerprint density at radius 3 is 2.16 bits per heavy atom. The van der Waals surface area contributed by atoms with Gasteiger partial charge in [0.15, 0.2) is 18.4 Å². The largest absolute Gasteiger partial charge is 0.459 e. The molecular weight excluding hydrogens is 656 g/mol. The minimum atomic E-state index is -1.90. The fourth-order valence-corrected chi connectivity index (χ4v) is 6.84. The molecule has 0 aromatic rings. The predicted molar refractivity (Wildman–Crippen MR) is 179 cm³/mol. The van der Waals surface area contributed by atoms with Gasteiger partial charge in [-0.3, -0.25) is 4.79 Å². The van der Waals surface area contributed by atoms with Crippen molar-refractivity contribution >= 4 is 11.8 Å². The number of carbonyl (C=O) groups excluding carboxylic acids is 2. The third-order valence-corrected chi connectivity index (χ3v) is 10.0. The van der Waals surface area contributed by atoms with Crippen molar-refractivity contribution in [3.05, 3.63) is 36.5 Å². The zero-order valence-electron chi connectivity index (χ0n) is 30.6. The van der Waals surface area contributed by atoms with Crippen molar-refractivity contribution in [1.29, 1.82) is 0 Å². The smallest absolute Gasteiger partial charge is 0.330 e. The van der Waals surface area contributed by atoms with Crippen LogP contribution in [0.3, 0.4) is 0 Å². The highest BCUT2D eigenvalue weighted by Gasteiger charge is 2.52. The van der Waals surface area contributed by atoms with Crippen LogP contribution in [0.4, 0.5) is 0 Å². The third kappa shape index (κ3) is 10.3. The zero-order valence-corrected chi connectivity index (χ0v) is 30.6. The fourth-order valence-electron chi connectivity index (χ4n) is 6.84. The summed E-state index contributed by atoms with van der Waals surface area (Å²) in [6.07, 6.45) is -1.53. The monoisotopic (exact) mass is 714 g/mol. The number of hydrogen-bond acceptors (Lipinski definition) is 14. The Labute approximate surface area is 295 Å². The predicted octanol–water partition coefficient (Wildman–Crippen LogP) is 1.34. The summed E-state index contributed by atoms with van der Waals surface area (Å²) in [5, 5.41) is 54.2. The molecule has 2 saturated heterocycles. The highest BCUT2D eigenvalue weighted by molar-refractivity contribution is 5.96. The number of esters is 1. The molecule has 3 rings (SSSR count). The minimum Gasteiger partial charge on any atom is -0.459 e. The fraction of sp³-hybridized carbons (Fsp3) is 0.778. The van der Waals surface area contributed by atoms with E-state index in [1.807, 2.05) is 0 Å². The van der Waals surface area contributed by atoms with Crippen LogP contribution >= 0.6 is 0 Å². The molecule has 0 bridgehead atoms. The standard InChI is InChI=1S/C36H58O14/c1-19-14-15-27(39)48-22(4)25(18-46-33-31(45-9)30(44-8)28(40)23(5)49-33)12-10-11-13-26(38)35(7,42)16-20(2)29(19)50-34-32(41)36(43,24(6)37)17-21(3)47-34/h10-15,19-25,28-34,37,40-43H,16-18H2,1-9H3. The summed E-state index contributed by atoms with van der Waals surface area (Å²) >= 11 is 0. The van der Waals surface area contributed by atoms with Crippen LogP contribution in [0, 0.1) is 17.8 Å². The maximum absolute atomic E-state index is 13.2. The molecule has 2 fully saturated rings. The van der Waals surface area contributed by atoms with Crippen LogP contribution in [-0.2, 0) is 42.7 Å². The van der Waals surface area contributed by atoms with Gasteiger partial charge in [-0.05, 0) is 53.0 Å². The molecule has 16 unspecified atom stereocenters. The van der Waals surface area contributed by atoms with Crippen LogP contribution in [0.15, 0.2) is 36.5 Å². The summed E-state index contributed by atoms with van der Waals surface area (Å²) < 4.78 is 40.8. The quantitative estimate of drug-likeness (QED) is 0.226. The van der Waals surface area contributed by atoms with Crippen LogP contribution < -0.4 is 0 Å². The summed E-state index contributed by atoms with van der Waals surface area (Å²) in [6, 6.07) is 0. The molecule has 0 saturated carbocycles. The Morgan fingerprint density at radius 1 is 0.880 bits per heavy atom. The molecule has 286 valence electrons. The number of carbonyl (C=O) groups is 2. The van der Waals surface area contributed by atoms with Gasteiger partial charge in [-0.25, -0.2) is 4.79 Å². The van der Waals surface area contributed by atoms with Gasteiger partial charge in [0.1, 0.15) is 41.7 Å². The topological polar surface area (TPSA) is 200 Å². The number of aliphatic hydroxyl groups excluding tert-OH is 3. The lowest BCUT2D eigenvalue weighted by Crippen LogP contribution is -2.63. The van der Waals surface area contributed by atoms with E-state index >= 15 is 0 Å². The van der Waals surface area contributed by atoms with E-state index in [1.165, 1.54) is 46.3 Å². The van der Waals surface area contributed by atoms with Crippen molar-refractivity contribution in [2.75, 3.05) is 20.8 Å². The van der Waals surface area contributed by atoms with Gasteiger partial charge in [0, 0.05) is 38.6 Å². The van der Waals surface area contributed by atoms with Crippen LogP contribution in [-0.4, -0.2) is 137 Å². The van der Waals surface area contributed by atoms with Gasteiger partial charge < -0.3 is 58.7 Å². The number of ketones is 1. The van der Waals surface area contributed by atoms with E-state index < -0.39 is 108 Å². The lowest BCUT2D eigenvalue weighted by molar-refractivity contribution is -0.322. The highest BCUT2D eigenvalue weighted by Crippen LogP contribution is 2.36. The van der Waals surface area contributed by atoms with E-state index in [1.54, 1.807) is 52.8 Å². The Kier molecular flexibility index (Phi) is 15.3. The maximum Gasteiger partial charge on any atom is 0.330 e. The van der Waals surface area contributed by atoms with E-state index in [0.717, 1.165) is 0 Å². The van der Waals surface area contributed by atoms with Crippen molar-refractivity contribution in [1.82, 2.24) is 0 Å². The molecule has 14 heteroatoms. The second kappa shape index (κ2) is 18.1. The van der Waals surface area contributed by atoms with Crippen molar-refractivity contribution in [2.45, 2.75) is 140 Å². The first kappa shape index (κ1) is 42.3. The highest BCUT2D eigenvalue weighted by atomic mass is 16.7. The van der Waals surface area contributed by atoms with Crippen molar-refractivity contribution in [3.8, 4) is 0 Å².